The number of fused-ring (bicyclic) bond motifs is 1. The van der Waals surface area contributed by atoms with Crippen molar-refractivity contribution < 1.29 is 19.0 Å². The van der Waals surface area contributed by atoms with E-state index < -0.39 is 17.4 Å². The van der Waals surface area contributed by atoms with Crippen molar-refractivity contribution in [3.63, 3.8) is 0 Å². The maximum Gasteiger partial charge on any atom is 0.511 e. The summed E-state index contributed by atoms with van der Waals surface area (Å²) in [4.78, 5) is 25.6. The zero-order valence-corrected chi connectivity index (χ0v) is 16.3. The Morgan fingerprint density at radius 1 is 1.46 bits per heavy atom. The Balaban J connectivity index is 1.99. The van der Waals surface area contributed by atoms with Crippen LogP contribution in [0.1, 0.15) is 26.7 Å². The number of ether oxygens (including phenoxy) is 1. The van der Waals surface area contributed by atoms with Crippen molar-refractivity contribution in [2.75, 3.05) is 24.5 Å². The molecule has 7 nitrogen and oxygen atoms in total. The number of pyridine rings is 1. The molecule has 1 aliphatic carbocycles. The van der Waals surface area contributed by atoms with Gasteiger partial charge >= 0.3 is 6.16 Å². The fourth-order valence-electron chi connectivity index (χ4n) is 3.82. The van der Waals surface area contributed by atoms with Gasteiger partial charge < -0.3 is 24.6 Å². The van der Waals surface area contributed by atoms with Gasteiger partial charge in [-0.2, -0.15) is 0 Å². The Morgan fingerprint density at radius 2 is 2.18 bits per heavy atom. The molecule has 0 bridgehead atoms. The molecule has 28 heavy (non-hydrogen) atoms. The normalized spacial score (nSPS) is 21.0. The molecule has 0 amide bonds. The quantitative estimate of drug-likeness (QED) is 0.758. The van der Waals surface area contributed by atoms with Gasteiger partial charge in [-0.25, -0.2) is 9.18 Å². The zero-order chi connectivity index (χ0) is 20.2. The minimum atomic E-state index is -1.60. The van der Waals surface area contributed by atoms with E-state index in [2.05, 4.69) is 10.1 Å². The first kappa shape index (κ1) is 19.0. The fourth-order valence-corrected chi connectivity index (χ4v) is 4.22. The van der Waals surface area contributed by atoms with Crippen LogP contribution in [0, 0.1) is 5.82 Å². The molecule has 2 fully saturated rings. The molecule has 1 saturated heterocycles. The number of nitrogens with zero attached hydrogens (tertiary/aromatic N) is 2. The third kappa shape index (κ3) is 3.10. The van der Waals surface area contributed by atoms with Gasteiger partial charge in [0.2, 0.25) is 5.43 Å². The summed E-state index contributed by atoms with van der Waals surface area (Å²) in [6.45, 7) is 5.87. The number of aromatic nitrogens is 1. The van der Waals surface area contributed by atoms with Gasteiger partial charge in [-0.05, 0) is 32.8 Å². The summed E-state index contributed by atoms with van der Waals surface area (Å²) in [6.07, 6.45) is 1.46. The summed E-state index contributed by atoms with van der Waals surface area (Å²) >= 11 is 6.68. The van der Waals surface area contributed by atoms with Gasteiger partial charge in [-0.3, -0.25) is 4.79 Å². The molecule has 2 N–H and O–H groups in total. The lowest BCUT2D eigenvalue weighted by atomic mass is 10.1. The summed E-state index contributed by atoms with van der Waals surface area (Å²) in [5.74, 6) is -0.962. The van der Waals surface area contributed by atoms with E-state index >= 15 is 4.39 Å². The average Bonchev–Trinajstić information content (AvgIpc) is 3.36. The second-order valence-corrected chi connectivity index (χ2v) is 8.15. The largest absolute Gasteiger partial charge is 0.511 e. The molecule has 4 rings (SSSR count). The second-order valence-electron chi connectivity index (χ2n) is 7.78. The number of carbonyl (C=O) groups is 1. The maximum absolute atomic E-state index is 15.1. The standard InChI is InChI=1S/C19H21ClFN3O4/c1-10-8-23(6-5-22-10)16-12(21)7-11-15(14(16)20)24(19(2)3-4-19)9-13(17(11)25)28-18(26)27/h7,9-10,22H,3-6,8H2,1-2H3,(H,26,27). The highest BCUT2D eigenvalue weighted by Gasteiger charge is 2.41. The van der Waals surface area contributed by atoms with Crippen LogP contribution in [-0.2, 0) is 5.54 Å². The molecule has 150 valence electrons. The summed E-state index contributed by atoms with van der Waals surface area (Å²) in [5, 5.41) is 12.4. The number of halogens is 2. The molecule has 0 radical (unpaired) electrons. The third-order valence-corrected chi connectivity index (χ3v) is 5.92. The van der Waals surface area contributed by atoms with Crippen LogP contribution in [0.3, 0.4) is 0 Å². The molecule has 1 unspecified atom stereocenters. The van der Waals surface area contributed by atoms with E-state index in [0.29, 0.717) is 25.2 Å². The number of anilines is 1. The lowest BCUT2D eigenvalue weighted by molar-refractivity contribution is 0.143. The fraction of sp³-hybridized carbons (Fsp3) is 0.474. The summed E-state index contributed by atoms with van der Waals surface area (Å²) in [6, 6.07) is 1.32. The Kier molecular flexibility index (Phi) is 4.50. The van der Waals surface area contributed by atoms with Gasteiger partial charge in [-0.1, -0.05) is 11.6 Å². The van der Waals surface area contributed by atoms with Gasteiger partial charge in [0, 0.05) is 31.2 Å². The molecule has 1 aromatic carbocycles. The number of rotatable bonds is 3. The first-order chi connectivity index (χ1) is 13.2. The SMILES string of the molecule is CC1CN(c2c(F)cc3c(=O)c(OC(=O)O)cn(C4(C)CC4)c3c2Cl)CCN1. The molecule has 0 spiro atoms. The highest BCUT2D eigenvalue weighted by Crippen LogP contribution is 2.47. The van der Waals surface area contributed by atoms with Gasteiger partial charge in [-0.15, -0.1) is 0 Å². The maximum atomic E-state index is 15.1. The number of piperazine rings is 1. The molecule has 9 heteroatoms. The molecule has 2 heterocycles. The van der Waals surface area contributed by atoms with E-state index in [1.54, 1.807) is 4.57 Å². The molecule has 1 aliphatic heterocycles. The van der Waals surface area contributed by atoms with E-state index in [-0.39, 0.29) is 33.4 Å². The summed E-state index contributed by atoms with van der Waals surface area (Å²) in [7, 11) is 0. The first-order valence-electron chi connectivity index (χ1n) is 9.18. The zero-order valence-electron chi connectivity index (χ0n) is 15.6. The van der Waals surface area contributed by atoms with E-state index in [1.807, 2.05) is 18.7 Å². The summed E-state index contributed by atoms with van der Waals surface area (Å²) < 4.78 is 21.5. The lowest BCUT2D eigenvalue weighted by Gasteiger charge is -2.35. The van der Waals surface area contributed by atoms with Crippen LogP contribution in [-0.4, -0.2) is 41.5 Å². The van der Waals surface area contributed by atoms with Crippen LogP contribution in [0.2, 0.25) is 5.02 Å². The van der Waals surface area contributed by atoms with E-state index in [0.717, 1.165) is 18.9 Å². The highest BCUT2D eigenvalue weighted by atomic mass is 35.5. The van der Waals surface area contributed by atoms with Gasteiger partial charge in [0.15, 0.2) is 5.75 Å². The van der Waals surface area contributed by atoms with Crippen molar-refractivity contribution in [2.24, 2.45) is 0 Å². The first-order valence-corrected chi connectivity index (χ1v) is 9.56. The van der Waals surface area contributed by atoms with Gasteiger partial charge in [0.05, 0.1) is 27.8 Å². The third-order valence-electron chi connectivity index (χ3n) is 5.56. The van der Waals surface area contributed by atoms with Crippen LogP contribution in [0.15, 0.2) is 17.1 Å². The monoisotopic (exact) mass is 409 g/mol. The molecule has 2 aliphatic rings. The van der Waals surface area contributed by atoms with Gasteiger partial charge in [0.25, 0.3) is 0 Å². The predicted octanol–water partition coefficient (Wildman–Crippen LogP) is 3.16. The predicted molar refractivity (Wildman–Crippen MR) is 104 cm³/mol. The van der Waals surface area contributed by atoms with Crippen molar-refractivity contribution in [2.45, 2.75) is 38.3 Å². The number of hydrogen-bond acceptors (Lipinski definition) is 5. The Labute approximate surface area is 165 Å². The molecule has 2 aromatic rings. The van der Waals surface area contributed by atoms with Crippen LogP contribution < -0.4 is 20.4 Å². The van der Waals surface area contributed by atoms with Crippen molar-refractivity contribution in [3.05, 3.63) is 33.3 Å². The topological polar surface area (TPSA) is 83.8 Å². The van der Waals surface area contributed by atoms with E-state index in [1.165, 1.54) is 6.20 Å². The number of carboxylic acid groups (broad SMARTS) is 1. The van der Waals surface area contributed by atoms with Crippen LogP contribution >= 0.6 is 11.6 Å². The minimum absolute atomic E-state index is 0.0151. The lowest BCUT2D eigenvalue weighted by Crippen LogP contribution is -2.49. The molecular formula is C19H21ClFN3O4. The van der Waals surface area contributed by atoms with Crippen LogP contribution in [0.25, 0.3) is 10.9 Å². The van der Waals surface area contributed by atoms with Crippen molar-refractivity contribution in [1.82, 2.24) is 9.88 Å². The molecular weight excluding hydrogens is 389 g/mol. The van der Waals surface area contributed by atoms with E-state index in [4.69, 9.17) is 16.7 Å². The van der Waals surface area contributed by atoms with Crippen LogP contribution in [0.4, 0.5) is 14.9 Å². The Bertz CT molecular complexity index is 1030. The number of benzene rings is 1. The van der Waals surface area contributed by atoms with Crippen molar-refractivity contribution >= 4 is 34.3 Å². The minimum Gasteiger partial charge on any atom is -0.449 e. The summed E-state index contributed by atoms with van der Waals surface area (Å²) in [5.41, 5.74) is -0.337. The average molecular weight is 410 g/mol. The van der Waals surface area contributed by atoms with Crippen LogP contribution in [0.5, 0.6) is 5.75 Å². The Hall–Kier alpha value is -2.32. The number of nitrogens with one attached hydrogen (secondary N) is 1. The number of hydrogen-bond donors (Lipinski definition) is 2. The second kappa shape index (κ2) is 6.63. The van der Waals surface area contributed by atoms with E-state index in [9.17, 15) is 9.59 Å². The molecule has 1 aromatic heterocycles. The molecule has 1 atom stereocenters. The van der Waals surface area contributed by atoms with Crippen molar-refractivity contribution in [1.29, 1.82) is 0 Å². The molecule has 1 saturated carbocycles. The van der Waals surface area contributed by atoms with Gasteiger partial charge in [0.1, 0.15) is 5.82 Å². The smallest absolute Gasteiger partial charge is 0.449 e. The van der Waals surface area contributed by atoms with Crippen molar-refractivity contribution in [3.8, 4) is 5.75 Å². The Morgan fingerprint density at radius 3 is 2.79 bits per heavy atom. The highest BCUT2D eigenvalue weighted by molar-refractivity contribution is 6.38.